The molecule has 3 aromatic heterocycles. The number of imidazole rings is 2. The van der Waals surface area contributed by atoms with Gasteiger partial charge in [-0.2, -0.15) is 12.7 Å². The molecule has 0 bridgehead atoms. The summed E-state index contributed by atoms with van der Waals surface area (Å²) in [6.07, 6.45) is 3.95. The van der Waals surface area contributed by atoms with Gasteiger partial charge < -0.3 is 9.47 Å². The van der Waals surface area contributed by atoms with E-state index in [4.69, 9.17) is 4.98 Å². The van der Waals surface area contributed by atoms with Crippen LogP contribution in [0.25, 0.3) is 22.4 Å². The van der Waals surface area contributed by atoms with Crippen molar-refractivity contribution < 1.29 is 8.42 Å². The summed E-state index contributed by atoms with van der Waals surface area (Å²) >= 11 is 0. The molecule has 0 atom stereocenters. The third kappa shape index (κ3) is 4.30. The summed E-state index contributed by atoms with van der Waals surface area (Å²) in [4.78, 5) is 16.4. The van der Waals surface area contributed by atoms with Crippen LogP contribution < -0.4 is 4.90 Å². The van der Waals surface area contributed by atoms with Crippen molar-refractivity contribution in [1.29, 1.82) is 0 Å². The Labute approximate surface area is 200 Å². The van der Waals surface area contributed by atoms with Gasteiger partial charge in [-0.05, 0) is 38.1 Å². The Kier molecular flexibility index (Phi) is 6.72. The van der Waals surface area contributed by atoms with Gasteiger partial charge >= 0.3 is 10.2 Å². The number of aryl methyl sites for hydroxylation is 1. The molecule has 0 radical (unpaired) electrons. The lowest BCUT2D eigenvalue weighted by atomic mass is 10.2. The van der Waals surface area contributed by atoms with Crippen molar-refractivity contribution in [2.75, 3.05) is 32.1 Å². The van der Waals surface area contributed by atoms with Crippen LogP contribution in [0.2, 0.25) is 0 Å². The molecular formula is C24H31N7O2S. The number of para-hydroxylation sites is 2. The lowest BCUT2D eigenvalue weighted by Crippen LogP contribution is -2.29. The van der Waals surface area contributed by atoms with E-state index in [0.29, 0.717) is 24.5 Å². The topological polar surface area (TPSA) is 89.1 Å². The Morgan fingerprint density at radius 3 is 2.32 bits per heavy atom. The molecule has 4 aromatic rings. The number of rotatable bonds is 9. The van der Waals surface area contributed by atoms with Gasteiger partial charge in [-0.25, -0.2) is 18.9 Å². The molecule has 180 valence electrons. The first-order valence-corrected chi connectivity index (χ1v) is 12.9. The van der Waals surface area contributed by atoms with E-state index in [1.165, 1.54) is 22.4 Å². The third-order valence-electron chi connectivity index (χ3n) is 5.89. The molecule has 0 aliphatic heterocycles. The van der Waals surface area contributed by atoms with Gasteiger partial charge in [0.15, 0.2) is 0 Å². The molecule has 0 spiro atoms. The molecule has 34 heavy (non-hydrogen) atoms. The van der Waals surface area contributed by atoms with Gasteiger partial charge in [0.25, 0.3) is 0 Å². The summed E-state index contributed by atoms with van der Waals surface area (Å²) < 4.78 is 30.1. The van der Waals surface area contributed by atoms with Crippen LogP contribution in [0.5, 0.6) is 0 Å². The predicted octanol–water partition coefficient (Wildman–Crippen LogP) is 3.41. The lowest BCUT2D eigenvalue weighted by molar-refractivity contribution is 0.508. The van der Waals surface area contributed by atoms with E-state index >= 15 is 0 Å². The molecular weight excluding hydrogens is 450 g/mol. The summed E-state index contributed by atoms with van der Waals surface area (Å²) in [5, 5.41) is 0. The van der Waals surface area contributed by atoms with Crippen LogP contribution in [0.15, 0.2) is 48.8 Å². The van der Waals surface area contributed by atoms with E-state index in [2.05, 4.69) is 33.3 Å². The third-order valence-corrected chi connectivity index (χ3v) is 7.62. The van der Waals surface area contributed by atoms with E-state index < -0.39 is 10.2 Å². The number of pyridine rings is 1. The molecule has 0 fully saturated rings. The quantitative estimate of drug-likeness (QED) is 0.364. The number of hydrogen-bond acceptors (Lipinski definition) is 6. The van der Waals surface area contributed by atoms with E-state index in [-0.39, 0.29) is 0 Å². The second kappa shape index (κ2) is 9.55. The zero-order valence-electron chi connectivity index (χ0n) is 20.3. The Bertz CT molecular complexity index is 1380. The number of hydrogen-bond donors (Lipinski definition) is 0. The molecule has 4 rings (SSSR count). The molecule has 0 unspecified atom stereocenters. The maximum atomic E-state index is 12.8. The van der Waals surface area contributed by atoms with Crippen molar-refractivity contribution in [3.63, 3.8) is 0 Å². The fourth-order valence-electron chi connectivity index (χ4n) is 4.01. The van der Waals surface area contributed by atoms with Crippen molar-refractivity contribution in [1.82, 2.24) is 27.8 Å². The monoisotopic (exact) mass is 481 g/mol. The molecule has 10 heteroatoms. The van der Waals surface area contributed by atoms with Gasteiger partial charge in [0.1, 0.15) is 17.5 Å². The van der Waals surface area contributed by atoms with Crippen LogP contribution in [0.1, 0.15) is 32.3 Å². The van der Waals surface area contributed by atoms with E-state index in [0.717, 1.165) is 41.3 Å². The highest BCUT2D eigenvalue weighted by Gasteiger charge is 2.22. The van der Waals surface area contributed by atoms with Crippen molar-refractivity contribution in [2.24, 2.45) is 0 Å². The van der Waals surface area contributed by atoms with E-state index in [9.17, 15) is 8.42 Å². The van der Waals surface area contributed by atoms with Crippen LogP contribution in [0.4, 0.5) is 5.82 Å². The molecule has 9 nitrogen and oxygen atoms in total. The van der Waals surface area contributed by atoms with Gasteiger partial charge in [0, 0.05) is 51.6 Å². The number of aromatic nitrogens is 5. The minimum atomic E-state index is -3.65. The Balaban J connectivity index is 1.79. The summed E-state index contributed by atoms with van der Waals surface area (Å²) in [5.74, 6) is 2.19. The Hall–Kier alpha value is -3.24. The normalized spacial score (nSPS) is 12.1. The van der Waals surface area contributed by atoms with Crippen LogP contribution >= 0.6 is 0 Å². The molecule has 3 heterocycles. The average Bonchev–Trinajstić information content (AvgIpc) is 3.42. The summed E-state index contributed by atoms with van der Waals surface area (Å²) in [6.45, 7) is 8.28. The summed E-state index contributed by atoms with van der Waals surface area (Å²) in [7, 11) is -0.615. The highest BCUT2D eigenvalue weighted by atomic mass is 32.2. The maximum Gasteiger partial charge on any atom is 0.308 e. The first kappa shape index (κ1) is 23.9. The van der Waals surface area contributed by atoms with Crippen molar-refractivity contribution in [3.8, 4) is 11.4 Å². The minimum absolute atomic E-state index is 0.386. The molecule has 0 saturated carbocycles. The first-order chi connectivity index (χ1) is 16.3. The van der Waals surface area contributed by atoms with Crippen LogP contribution in [0.3, 0.4) is 0 Å². The minimum Gasteiger partial charge on any atom is -0.357 e. The van der Waals surface area contributed by atoms with Crippen LogP contribution in [-0.4, -0.2) is 63.4 Å². The highest BCUT2D eigenvalue weighted by molar-refractivity contribution is 7.87. The van der Waals surface area contributed by atoms with Crippen molar-refractivity contribution >= 4 is 27.1 Å². The average molecular weight is 482 g/mol. The number of fused-ring (bicyclic) bond motifs is 1. The Morgan fingerprint density at radius 2 is 1.71 bits per heavy atom. The van der Waals surface area contributed by atoms with Gasteiger partial charge in [-0.1, -0.05) is 19.1 Å². The fraction of sp³-hybridized carbons (Fsp3) is 0.375. The molecule has 0 amide bonds. The Morgan fingerprint density at radius 1 is 0.971 bits per heavy atom. The zero-order valence-corrected chi connectivity index (χ0v) is 21.1. The van der Waals surface area contributed by atoms with Gasteiger partial charge in [0.05, 0.1) is 23.3 Å². The standard InChI is InChI=1S/C24H31N7O2S/c1-6-22-26-19(17-31(22)34(32,33)28(4)5)16-30-21-12-10-9-11-20(21)27-24(30)18-13-14-23(25-15-18)29(7-2)8-3/h9-15,17H,6-8,16H2,1-5H3. The fourth-order valence-corrected chi connectivity index (χ4v) is 5.05. The number of anilines is 1. The molecule has 1 aromatic carbocycles. The van der Waals surface area contributed by atoms with Crippen molar-refractivity contribution in [2.45, 2.75) is 33.7 Å². The zero-order chi connectivity index (χ0) is 24.5. The van der Waals surface area contributed by atoms with Crippen LogP contribution in [-0.2, 0) is 23.2 Å². The number of benzene rings is 1. The van der Waals surface area contributed by atoms with Gasteiger partial charge in [-0.3, -0.25) is 0 Å². The second-order valence-electron chi connectivity index (χ2n) is 8.18. The lowest BCUT2D eigenvalue weighted by Gasteiger charge is -2.19. The van der Waals surface area contributed by atoms with E-state index in [1.54, 1.807) is 6.20 Å². The SMILES string of the molecule is CCc1nc(Cn2c(-c3ccc(N(CC)CC)nc3)nc3ccccc32)cn1S(=O)(=O)N(C)C. The van der Waals surface area contributed by atoms with Crippen LogP contribution in [0, 0.1) is 0 Å². The second-order valence-corrected chi connectivity index (χ2v) is 10.2. The molecule has 0 aliphatic rings. The molecule has 0 N–H and O–H groups in total. The number of nitrogens with zero attached hydrogens (tertiary/aromatic N) is 7. The maximum absolute atomic E-state index is 12.8. The predicted molar refractivity (Wildman–Crippen MR) is 135 cm³/mol. The largest absolute Gasteiger partial charge is 0.357 e. The smallest absolute Gasteiger partial charge is 0.308 e. The molecule has 0 aliphatic carbocycles. The van der Waals surface area contributed by atoms with Crippen molar-refractivity contribution in [3.05, 3.63) is 60.3 Å². The summed E-state index contributed by atoms with van der Waals surface area (Å²) in [5.41, 5.74) is 3.36. The van der Waals surface area contributed by atoms with Gasteiger partial charge in [0.2, 0.25) is 0 Å². The highest BCUT2D eigenvalue weighted by Crippen LogP contribution is 2.27. The van der Waals surface area contributed by atoms with Gasteiger partial charge in [-0.15, -0.1) is 0 Å². The molecule has 0 saturated heterocycles. The summed E-state index contributed by atoms with van der Waals surface area (Å²) in [6, 6.07) is 12.0. The first-order valence-electron chi connectivity index (χ1n) is 11.5. The van der Waals surface area contributed by atoms with E-state index in [1.807, 2.05) is 49.5 Å².